The van der Waals surface area contributed by atoms with Crippen LogP contribution in [-0.2, 0) is 20.3 Å². The molecule has 38 heavy (non-hydrogen) atoms. The Labute approximate surface area is 223 Å². The molecule has 0 saturated carbocycles. The Morgan fingerprint density at radius 2 is 1.71 bits per heavy atom. The molecule has 4 rings (SSSR count). The second-order valence-corrected chi connectivity index (χ2v) is 11.4. The third-order valence-corrected chi connectivity index (χ3v) is 8.26. The van der Waals surface area contributed by atoms with Crippen LogP contribution in [0, 0.1) is 20.8 Å². The van der Waals surface area contributed by atoms with Gasteiger partial charge in [-0.15, -0.1) is 10.2 Å². The zero-order chi connectivity index (χ0) is 27.4. The average Bonchev–Trinajstić information content (AvgIpc) is 3.29. The molecule has 3 aromatic heterocycles. The van der Waals surface area contributed by atoms with E-state index in [0.29, 0.717) is 35.4 Å². The van der Waals surface area contributed by atoms with Crippen molar-refractivity contribution in [2.45, 2.75) is 51.7 Å². The maximum atomic E-state index is 13.8. The van der Waals surface area contributed by atoms with Crippen LogP contribution in [0.25, 0.3) is 17.2 Å². The third-order valence-electron chi connectivity index (χ3n) is 6.22. The molecule has 2 atom stereocenters. The maximum absolute atomic E-state index is 13.8. The lowest BCUT2D eigenvalue weighted by molar-refractivity contribution is 0.0556. The number of para-hydroxylation sites is 1. The highest BCUT2D eigenvalue weighted by Crippen LogP contribution is 2.33. The van der Waals surface area contributed by atoms with E-state index in [1.165, 1.54) is 0 Å². The minimum atomic E-state index is -3.82. The van der Waals surface area contributed by atoms with E-state index < -0.39 is 21.2 Å². The largest absolute Gasteiger partial charge is 0.495 e. The molecule has 0 aliphatic rings. The van der Waals surface area contributed by atoms with Gasteiger partial charge in [0.2, 0.25) is 0 Å². The van der Waals surface area contributed by atoms with Gasteiger partial charge in [0.25, 0.3) is 0 Å². The van der Waals surface area contributed by atoms with Gasteiger partial charge in [-0.25, -0.2) is 23.4 Å². The average molecular weight is 537 g/mol. The first-order valence-corrected chi connectivity index (χ1v) is 14.0. The van der Waals surface area contributed by atoms with E-state index in [-0.39, 0.29) is 11.6 Å². The van der Waals surface area contributed by atoms with Gasteiger partial charge < -0.3 is 9.47 Å². The lowest BCUT2D eigenvalue weighted by Crippen LogP contribution is -2.30. The van der Waals surface area contributed by atoms with Crippen LogP contribution in [0.3, 0.4) is 0 Å². The van der Waals surface area contributed by atoms with Crippen LogP contribution in [0.5, 0.6) is 5.75 Å². The number of rotatable bonds is 10. The van der Waals surface area contributed by atoms with Gasteiger partial charge in [0.1, 0.15) is 23.3 Å². The Balaban J connectivity index is 1.82. The van der Waals surface area contributed by atoms with Crippen molar-refractivity contribution in [3.05, 3.63) is 77.3 Å². The molecule has 0 saturated heterocycles. The van der Waals surface area contributed by atoms with Crippen molar-refractivity contribution in [3.63, 3.8) is 0 Å². The summed E-state index contributed by atoms with van der Waals surface area (Å²) >= 11 is 0. The first-order chi connectivity index (χ1) is 18.2. The summed E-state index contributed by atoms with van der Waals surface area (Å²) in [6, 6.07) is 11.2. The Morgan fingerprint density at radius 3 is 2.37 bits per heavy atom. The summed E-state index contributed by atoms with van der Waals surface area (Å²) in [6.07, 6.45) is 2.46. The second kappa shape index (κ2) is 11.4. The smallest absolute Gasteiger partial charge is 0.187 e. The lowest BCUT2D eigenvalue weighted by atomic mass is 10.1. The van der Waals surface area contributed by atoms with Gasteiger partial charge in [-0.2, -0.15) is 0 Å². The van der Waals surface area contributed by atoms with Crippen LogP contribution in [0.4, 0.5) is 0 Å². The maximum Gasteiger partial charge on any atom is 0.187 e. The van der Waals surface area contributed by atoms with Gasteiger partial charge in [0.05, 0.1) is 18.0 Å². The van der Waals surface area contributed by atoms with Crippen molar-refractivity contribution < 1.29 is 17.9 Å². The molecule has 0 aliphatic carbocycles. The number of aromatic nitrogens is 6. The normalized spacial score (nSPS) is 13.3. The predicted octanol–water partition coefficient (Wildman–Crippen LogP) is 4.13. The van der Waals surface area contributed by atoms with E-state index in [1.54, 1.807) is 31.0 Å². The molecular formula is C27H32N6O4S. The summed E-state index contributed by atoms with van der Waals surface area (Å²) in [5, 5.41) is 7.78. The summed E-state index contributed by atoms with van der Waals surface area (Å²) in [4.78, 5) is 13.3. The van der Waals surface area contributed by atoms with Crippen LogP contribution in [0.2, 0.25) is 0 Å². The summed E-state index contributed by atoms with van der Waals surface area (Å²) in [5.74, 6) is 1.15. The Morgan fingerprint density at radius 1 is 1.00 bits per heavy atom. The molecule has 0 unspecified atom stereocenters. The zero-order valence-corrected chi connectivity index (χ0v) is 23.2. The molecule has 0 bridgehead atoms. The molecule has 0 radical (unpaired) electrons. The quantitative estimate of drug-likeness (QED) is 0.294. The molecule has 0 spiro atoms. The topological polar surface area (TPSA) is 122 Å². The number of benzene rings is 1. The van der Waals surface area contributed by atoms with E-state index in [1.807, 2.05) is 64.1 Å². The lowest BCUT2D eigenvalue weighted by Gasteiger charge is -2.23. The summed E-state index contributed by atoms with van der Waals surface area (Å²) in [6.45, 7) is 9.40. The highest BCUT2D eigenvalue weighted by molar-refractivity contribution is 7.91. The van der Waals surface area contributed by atoms with Gasteiger partial charge in [0.15, 0.2) is 27.3 Å². The van der Waals surface area contributed by atoms with Crippen molar-refractivity contribution in [3.8, 4) is 23.0 Å². The Bertz CT molecular complexity index is 1520. The highest BCUT2D eigenvalue weighted by atomic mass is 32.2. The number of sulfone groups is 1. The van der Waals surface area contributed by atoms with Crippen LogP contribution < -0.4 is 4.74 Å². The van der Waals surface area contributed by atoms with Crippen LogP contribution in [-0.4, -0.2) is 57.1 Å². The summed E-state index contributed by atoms with van der Waals surface area (Å²) in [7, 11) is -2.25. The number of methoxy groups -OCH3 is 1. The fraction of sp³-hybridized carbons (Fsp3) is 0.370. The number of pyridine rings is 1. The predicted molar refractivity (Wildman–Crippen MR) is 144 cm³/mol. The van der Waals surface area contributed by atoms with E-state index in [2.05, 4.69) is 25.1 Å². The first-order valence-electron chi connectivity index (χ1n) is 12.3. The van der Waals surface area contributed by atoms with Crippen molar-refractivity contribution in [1.29, 1.82) is 0 Å². The van der Waals surface area contributed by atoms with Gasteiger partial charge in [-0.3, -0.25) is 4.57 Å². The fourth-order valence-electron chi connectivity index (χ4n) is 4.21. The van der Waals surface area contributed by atoms with Crippen LogP contribution >= 0.6 is 0 Å². The highest BCUT2D eigenvalue weighted by Gasteiger charge is 2.35. The minimum Gasteiger partial charge on any atom is -0.495 e. The van der Waals surface area contributed by atoms with Crippen molar-refractivity contribution in [2.24, 2.45) is 0 Å². The standard InChI is InChI=1S/C27H32N6O4S/c1-7-37-25(26-28-14-17(2)15-29-26)20(5)38(34,35)16-23-31-32-27(21-12-9-11-19(4)30-21)33(23)24-18(3)10-8-13-22(24)36-6/h8-15,20,25H,7,16H2,1-6H3/t20-,25+/m0/s1. The Kier molecular flexibility index (Phi) is 8.17. The number of hydrogen-bond acceptors (Lipinski definition) is 9. The van der Waals surface area contributed by atoms with Gasteiger partial charge in [-0.1, -0.05) is 18.2 Å². The van der Waals surface area contributed by atoms with E-state index in [0.717, 1.165) is 16.8 Å². The van der Waals surface area contributed by atoms with Crippen molar-refractivity contribution in [1.82, 2.24) is 29.7 Å². The molecule has 0 fully saturated rings. The number of ether oxygens (including phenoxy) is 2. The molecule has 3 heterocycles. The molecule has 0 aliphatic heterocycles. The second-order valence-electron chi connectivity index (χ2n) is 9.07. The zero-order valence-electron chi connectivity index (χ0n) is 22.4. The third kappa shape index (κ3) is 5.58. The van der Waals surface area contributed by atoms with Gasteiger partial charge >= 0.3 is 0 Å². The molecule has 10 nitrogen and oxygen atoms in total. The first kappa shape index (κ1) is 27.3. The fourth-order valence-corrected chi connectivity index (χ4v) is 5.60. The monoisotopic (exact) mass is 536 g/mol. The minimum absolute atomic E-state index is 0.239. The van der Waals surface area contributed by atoms with Crippen LogP contribution in [0.1, 0.15) is 48.4 Å². The number of aryl methyl sites for hydroxylation is 3. The van der Waals surface area contributed by atoms with Gasteiger partial charge in [0, 0.05) is 24.7 Å². The molecule has 11 heteroatoms. The Hall–Kier alpha value is -3.70. The summed E-state index contributed by atoms with van der Waals surface area (Å²) < 4.78 is 40.8. The molecule has 4 aromatic rings. The van der Waals surface area contributed by atoms with Gasteiger partial charge in [-0.05, 0) is 63.9 Å². The van der Waals surface area contributed by atoms with Crippen LogP contribution in [0.15, 0.2) is 48.8 Å². The molecular weight excluding hydrogens is 504 g/mol. The molecule has 0 amide bonds. The summed E-state index contributed by atoms with van der Waals surface area (Å²) in [5.41, 5.74) is 3.76. The van der Waals surface area contributed by atoms with Crippen molar-refractivity contribution in [2.75, 3.05) is 13.7 Å². The number of nitrogens with zero attached hydrogens (tertiary/aromatic N) is 6. The van der Waals surface area contributed by atoms with E-state index in [9.17, 15) is 8.42 Å². The number of hydrogen-bond donors (Lipinski definition) is 0. The molecule has 1 aromatic carbocycles. The van der Waals surface area contributed by atoms with E-state index >= 15 is 0 Å². The molecule has 0 N–H and O–H groups in total. The van der Waals surface area contributed by atoms with E-state index in [4.69, 9.17) is 9.47 Å². The molecule has 200 valence electrons. The SMILES string of the molecule is CCO[C@@H](c1ncc(C)cn1)[C@H](C)S(=O)(=O)Cc1nnc(-c2cccc(C)n2)n1-c1c(C)cccc1OC. The van der Waals surface area contributed by atoms with Crippen molar-refractivity contribution >= 4 is 9.84 Å².